The molecule has 0 radical (unpaired) electrons. The number of fused-ring (bicyclic) bond motifs is 7. The highest BCUT2D eigenvalue weighted by Crippen LogP contribution is 2.61. The third-order valence-corrected chi connectivity index (χ3v) is 8.38. The summed E-state index contributed by atoms with van der Waals surface area (Å²) in [4.78, 5) is 56.2. The van der Waals surface area contributed by atoms with Crippen molar-refractivity contribution < 1.29 is 24.0 Å². The summed E-state index contributed by atoms with van der Waals surface area (Å²) in [7, 11) is 1.31. The van der Waals surface area contributed by atoms with E-state index in [1.807, 2.05) is 26.0 Å². The van der Waals surface area contributed by atoms with Crippen molar-refractivity contribution in [3.8, 4) is 5.75 Å². The fourth-order valence-corrected chi connectivity index (χ4v) is 7.11. The molecule has 4 aliphatic rings. The van der Waals surface area contributed by atoms with Crippen LogP contribution in [0.3, 0.4) is 0 Å². The molecule has 0 unspecified atom stereocenters. The smallest absolute Gasteiger partial charge is 0.311 e. The number of hydrogen-bond acceptors (Lipinski definition) is 7. The van der Waals surface area contributed by atoms with Crippen LogP contribution in [0.2, 0.25) is 0 Å². The molecule has 4 atom stereocenters. The number of benzene rings is 2. The van der Waals surface area contributed by atoms with Gasteiger partial charge in [0, 0.05) is 29.4 Å². The predicted molar refractivity (Wildman–Crippen MR) is 130 cm³/mol. The van der Waals surface area contributed by atoms with Crippen LogP contribution in [-0.2, 0) is 19.9 Å². The first-order valence-corrected chi connectivity index (χ1v) is 12.0. The minimum absolute atomic E-state index is 0.0364. The quantitative estimate of drug-likeness (QED) is 0.399. The molecule has 36 heavy (non-hydrogen) atoms. The Bertz CT molecular complexity index is 1400. The number of amides is 3. The van der Waals surface area contributed by atoms with Gasteiger partial charge in [-0.3, -0.25) is 29.4 Å². The molecular weight excluding hydrogens is 464 g/mol. The zero-order chi connectivity index (χ0) is 25.7. The summed E-state index contributed by atoms with van der Waals surface area (Å²) >= 11 is 0. The van der Waals surface area contributed by atoms with Crippen molar-refractivity contribution in [2.45, 2.75) is 45.2 Å². The van der Waals surface area contributed by atoms with Crippen molar-refractivity contribution in [3.05, 3.63) is 56.6 Å². The molecule has 2 aromatic rings. The van der Waals surface area contributed by atoms with E-state index in [0.29, 0.717) is 24.2 Å². The number of nitro benzene ring substituents is 1. The second-order valence-electron chi connectivity index (χ2n) is 10.2. The number of nitro groups is 1. The normalized spacial score (nSPS) is 28.5. The van der Waals surface area contributed by atoms with Gasteiger partial charge in [0.1, 0.15) is 5.54 Å². The molecule has 1 N–H and O–H groups in total. The molecular formula is C26H26N4O6. The van der Waals surface area contributed by atoms with Gasteiger partial charge in [-0.25, -0.2) is 4.90 Å². The van der Waals surface area contributed by atoms with E-state index in [-0.39, 0.29) is 35.0 Å². The molecule has 10 heteroatoms. The number of nitrogens with zero attached hydrogens (tertiary/aromatic N) is 3. The summed E-state index contributed by atoms with van der Waals surface area (Å²) in [6.07, 6.45) is 1.54. The number of aryl methyl sites for hydroxylation is 3. The molecule has 0 bridgehead atoms. The van der Waals surface area contributed by atoms with Crippen molar-refractivity contribution in [3.63, 3.8) is 0 Å². The van der Waals surface area contributed by atoms with Crippen LogP contribution in [0.15, 0.2) is 24.3 Å². The van der Waals surface area contributed by atoms with Gasteiger partial charge in [0.25, 0.3) is 0 Å². The Morgan fingerprint density at radius 3 is 2.53 bits per heavy atom. The molecule has 3 amide bonds. The van der Waals surface area contributed by atoms with E-state index in [4.69, 9.17) is 4.74 Å². The number of methoxy groups -OCH3 is 1. The number of anilines is 2. The predicted octanol–water partition coefficient (Wildman–Crippen LogP) is 2.96. The minimum atomic E-state index is -1.27. The third kappa shape index (κ3) is 2.57. The molecule has 186 valence electrons. The van der Waals surface area contributed by atoms with Gasteiger partial charge in [-0.15, -0.1) is 0 Å². The highest BCUT2D eigenvalue weighted by molar-refractivity contribution is 6.26. The van der Waals surface area contributed by atoms with Crippen molar-refractivity contribution in [1.29, 1.82) is 0 Å². The Morgan fingerprint density at radius 1 is 1.08 bits per heavy atom. The zero-order valence-electron chi connectivity index (χ0n) is 20.5. The molecule has 3 saturated heterocycles. The number of nitrogens with one attached hydrogen (secondary N) is 1. The van der Waals surface area contributed by atoms with E-state index in [0.717, 1.165) is 28.0 Å². The number of carbonyl (C=O) groups excluding carboxylic acids is 3. The van der Waals surface area contributed by atoms with Crippen LogP contribution < -0.4 is 15.0 Å². The van der Waals surface area contributed by atoms with E-state index in [1.54, 1.807) is 6.92 Å². The van der Waals surface area contributed by atoms with E-state index < -0.39 is 28.2 Å². The summed E-state index contributed by atoms with van der Waals surface area (Å²) in [5, 5.41) is 14.5. The second kappa shape index (κ2) is 7.36. The average Bonchev–Trinajstić information content (AvgIpc) is 3.53. The molecule has 4 heterocycles. The van der Waals surface area contributed by atoms with Crippen LogP contribution in [0.1, 0.15) is 35.1 Å². The van der Waals surface area contributed by atoms with Crippen molar-refractivity contribution in [2.24, 2.45) is 11.8 Å². The number of hydrogen-bond donors (Lipinski definition) is 1. The summed E-state index contributed by atoms with van der Waals surface area (Å²) in [6.45, 7) is 6.14. The maximum absolute atomic E-state index is 14.2. The van der Waals surface area contributed by atoms with Crippen LogP contribution in [0.4, 0.5) is 17.1 Å². The molecule has 2 aromatic carbocycles. The molecule has 10 nitrogen and oxygen atoms in total. The van der Waals surface area contributed by atoms with Crippen LogP contribution in [0, 0.1) is 42.7 Å². The maximum atomic E-state index is 14.2. The lowest BCUT2D eigenvalue weighted by Crippen LogP contribution is -2.54. The van der Waals surface area contributed by atoms with Crippen LogP contribution in [0.5, 0.6) is 5.75 Å². The van der Waals surface area contributed by atoms with Gasteiger partial charge in [0.15, 0.2) is 5.75 Å². The summed E-state index contributed by atoms with van der Waals surface area (Å²) < 4.78 is 5.22. The monoisotopic (exact) mass is 490 g/mol. The Kier molecular flexibility index (Phi) is 4.63. The van der Waals surface area contributed by atoms with Gasteiger partial charge in [-0.2, -0.15) is 0 Å². The third-order valence-electron chi connectivity index (χ3n) is 8.38. The largest absolute Gasteiger partial charge is 0.490 e. The number of ether oxygens (including phenoxy) is 1. The SMILES string of the molecule is COc1cc(N2C(=O)[C@H]3[C@H]4CCCN4[C@]4(C(=O)Nc5c(C)cc(C)cc54)[C@H]3C2=O)c(C)cc1[N+](=O)[O-]. The summed E-state index contributed by atoms with van der Waals surface area (Å²) in [6, 6.07) is 6.39. The van der Waals surface area contributed by atoms with Gasteiger partial charge in [-0.1, -0.05) is 17.7 Å². The van der Waals surface area contributed by atoms with Crippen molar-refractivity contribution in [1.82, 2.24) is 4.90 Å². The molecule has 6 rings (SSSR count). The Hall–Kier alpha value is -3.79. The van der Waals surface area contributed by atoms with Gasteiger partial charge < -0.3 is 10.1 Å². The van der Waals surface area contributed by atoms with Gasteiger partial charge in [0.2, 0.25) is 17.7 Å². The van der Waals surface area contributed by atoms with Crippen LogP contribution >= 0.6 is 0 Å². The molecule has 0 saturated carbocycles. The first-order chi connectivity index (χ1) is 17.1. The van der Waals surface area contributed by atoms with Crippen molar-refractivity contribution in [2.75, 3.05) is 23.9 Å². The Balaban J connectivity index is 1.55. The average molecular weight is 491 g/mol. The minimum Gasteiger partial charge on any atom is -0.490 e. The standard InChI is InChI=1S/C26H26N4O6/c1-12-8-14(3)22-15(9-12)26(25(33)27-22)21-20(16-6-5-7-28(16)26)23(31)29(24(21)32)17-11-19(36-4)18(30(34)35)10-13(17)2/h8-11,16,20-21H,5-7H2,1-4H3,(H,27,33)/t16-,20+,21-,26+/m1/s1. The van der Waals surface area contributed by atoms with Crippen molar-refractivity contribution >= 4 is 34.8 Å². The van der Waals surface area contributed by atoms with Gasteiger partial charge in [-0.05, 0) is 51.3 Å². The highest BCUT2D eigenvalue weighted by Gasteiger charge is 2.74. The van der Waals surface area contributed by atoms with Crippen LogP contribution in [0.25, 0.3) is 0 Å². The van der Waals surface area contributed by atoms with Gasteiger partial charge in [0.05, 0.1) is 29.6 Å². The first-order valence-electron chi connectivity index (χ1n) is 12.0. The number of carbonyl (C=O) groups is 3. The Labute approximate surface area is 207 Å². The van der Waals surface area contributed by atoms with E-state index in [2.05, 4.69) is 10.2 Å². The number of rotatable bonds is 3. The highest BCUT2D eigenvalue weighted by atomic mass is 16.6. The summed E-state index contributed by atoms with van der Waals surface area (Å²) in [5.41, 5.74) is 2.51. The second-order valence-corrected chi connectivity index (χ2v) is 10.2. The Morgan fingerprint density at radius 2 is 1.83 bits per heavy atom. The van der Waals surface area contributed by atoms with Crippen LogP contribution in [-0.4, -0.2) is 47.2 Å². The fraction of sp³-hybridized carbons (Fsp3) is 0.423. The van der Waals surface area contributed by atoms with E-state index >= 15 is 0 Å². The van der Waals surface area contributed by atoms with Gasteiger partial charge >= 0.3 is 5.69 Å². The topological polar surface area (TPSA) is 122 Å². The molecule has 3 fully saturated rings. The lowest BCUT2D eigenvalue weighted by Gasteiger charge is -2.37. The van der Waals surface area contributed by atoms with E-state index in [9.17, 15) is 24.5 Å². The number of imide groups is 1. The van der Waals surface area contributed by atoms with E-state index in [1.165, 1.54) is 19.2 Å². The molecule has 4 aliphatic heterocycles. The lowest BCUT2D eigenvalue weighted by atomic mass is 9.75. The fourth-order valence-electron chi connectivity index (χ4n) is 7.11. The maximum Gasteiger partial charge on any atom is 0.311 e. The lowest BCUT2D eigenvalue weighted by molar-refractivity contribution is -0.385. The molecule has 0 aliphatic carbocycles. The summed E-state index contributed by atoms with van der Waals surface area (Å²) in [5.74, 6) is -2.71. The zero-order valence-corrected chi connectivity index (χ0v) is 20.5. The first kappa shape index (κ1) is 22.7. The molecule has 0 aromatic heterocycles. The molecule has 1 spiro atoms.